The number of fused-ring (bicyclic) bond motifs is 2. The van der Waals surface area contributed by atoms with Crippen LogP contribution in [0.2, 0.25) is 0 Å². The molecule has 0 unspecified atom stereocenters. The Morgan fingerprint density at radius 3 is 2.88 bits per heavy atom. The minimum atomic E-state index is -0.00502. The van der Waals surface area contributed by atoms with Crippen LogP contribution in [-0.2, 0) is 17.8 Å². The molecule has 0 atom stereocenters. The third kappa shape index (κ3) is 2.98. The number of pyridine rings is 1. The van der Waals surface area contributed by atoms with Gasteiger partial charge in [-0.05, 0) is 30.7 Å². The fourth-order valence-corrected chi connectivity index (χ4v) is 3.15. The van der Waals surface area contributed by atoms with Crippen molar-refractivity contribution < 1.29 is 4.79 Å². The van der Waals surface area contributed by atoms with E-state index in [1.165, 1.54) is 10.9 Å². The molecular weight excluding hydrogens is 314 g/mol. The first-order chi connectivity index (χ1) is 12.2. The van der Waals surface area contributed by atoms with Crippen molar-refractivity contribution in [3.8, 4) is 0 Å². The van der Waals surface area contributed by atoms with Gasteiger partial charge in [-0.3, -0.25) is 9.20 Å². The number of carbonyl (C=O) groups is 1. The van der Waals surface area contributed by atoms with Crippen LogP contribution in [0.1, 0.15) is 11.4 Å². The molecule has 0 aliphatic rings. The topological polar surface area (TPSA) is 64.2 Å². The van der Waals surface area contributed by atoms with E-state index in [-0.39, 0.29) is 5.91 Å². The maximum absolute atomic E-state index is 12.3. The zero-order valence-corrected chi connectivity index (χ0v) is 14.0. The summed E-state index contributed by atoms with van der Waals surface area (Å²) in [6.07, 6.45) is 4.60. The summed E-state index contributed by atoms with van der Waals surface area (Å²) in [7, 11) is 0. The van der Waals surface area contributed by atoms with E-state index in [0.717, 1.165) is 17.0 Å². The molecule has 0 fully saturated rings. The van der Waals surface area contributed by atoms with Crippen LogP contribution in [0, 0.1) is 6.92 Å². The molecule has 3 heterocycles. The van der Waals surface area contributed by atoms with Crippen molar-refractivity contribution >= 4 is 22.5 Å². The first kappa shape index (κ1) is 15.4. The highest BCUT2D eigenvalue weighted by molar-refractivity contribution is 5.85. The lowest BCUT2D eigenvalue weighted by Crippen LogP contribution is -2.29. The number of nitrogens with one attached hydrogen (secondary N) is 1. The van der Waals surface area contributed by atoms with Crippen molar-refractivity contribution in [3.63, 3.8) is 0 Å². The minimum absolute atomic E-state index is 0.00502. The maximum atomic E-state index is 12.3. The molecule has 0 aliphatic carbocycles. The van der Waals surface area contributed by atoms with Crippen LogP contribution in [0.25, 0.3) is 16.6 Å². The lowest BCUT2D eigenvalue weighted by Gasteiger charge is -2.07. The molecule has 1 amide bonds. The van der Waals surface area contributed by atoms with Crippen LogP contribution in [0.3, 0.4) is 0 Å². The van der Waals surface area contributed by atoms with E-state index in [0.29, 0.717) is 19.5 Å². The summed E-state index contributed by atoms with van der Waals surface area (Å²) in [5.74, 6) is 0.840. The van der Waals surface area contributed by atoms with E-state index in [4.69, 9.17) is 0 Å². The number of rotatable bonds is 5. The van der Waals surface area contributed by atoms with Crippen molar-refractivity contribution in [3.05, 3.63) is 66.2 Å². The van der Waals surface area contributed by atoms with Gasteiger partial charge in [0.2, 0.25) is 5.91 Å². The molecule has 4 rings (SSSR count). The van der Waals surface area contributed by atoms with Crippen LogP contribution in [0.15, 0.2) is 54.9 Å². The van der Waals surface area contributed by atoms with Gasteiger partial charge in [0.15, 0.2) is 5.65 Å². The summed E-state index contributed by atoms with van der Waals surface area (Å²) in [5.41, 5.74) is 3.08. The molecule has 25 heavy (non-hydrogen) atoms. The Hall–Kier alpha value is -3.15. The molecule has 4 aromatic rings. The highest BCUT2D eigenvalue weighted by atomic mass is 16.1. The highest BCUT2D eigenvalue weighted by Gasteiger charge is 2.09. The van der Waals surface area contributed by atoms with Crippen LogP contribution in [0.5, 0.6) is 0 Å². The quantitative estimate of drug-likeness (QED) is 0.610. The van der Waals surface area contributed by atoms with E-state index in [9.17, 15) is 4.79 Å². The van der Waals surface area contributed by atoms with Gasteiger partial charge >= 0.3 is 0 Å². The van der Waals surface area contributed by atoms with Gasteiger partial charge in [0, 0.05) is 36.3 Å². The fourth-order valence-electron chi connectivity index (χ4n) is 3.15. The lowest BCUT2D eigenvalue weighted by molar-refractivity contribution is -0.121. The summed E-state index contributed by atoms with van der Waals surface area (Å²) in [4.78, 5) is 12.3. The largest absolute Gasteiger partial charge is 0.354 e. The molecule has 1 N–H and O–H groups in total. The Morgan fingerprint density at radius 1 is 1.12 bits per heavy atom. The molecule has 126 valence electrons. The van der Waals surface area contributed by atoms with Crippen molar-refractivity contribution in [2.45, 2.75) is 19.9 Å². The smallest absolute Gasteiger partial charge is 0.239 e. The van der Waals surface area contributed by atoms with E-state index in [1.807, 2.05) is 57.8 Å². The number of hydrogen-bond acceptors (Lipinski definition) is 3. The van der Waals surface area contributed by atoms with Gasteiger partial charge in [-0.15, -0.1) is 10.2 Å². The molecule has 0 saturated carbocycles. The first-order valence-corrected chi connectivity index (χ1v) is 8.32. The van der Waals surface area contributed by atoms with Gasteiger partial charge in [0.25, 0.3) is 0 Å². The standard InChI is InChI=1S/C19H19N5O/c1-14-12-23(16-7-3-2-6-15(14)16)13-19(25)20-10-9-18-22-21-17-8-4-5-11-24(17)18/h2-8,11-12H,9-10,13H2,1H3,(H,20,25). The van der Waals surface area contributed by atoms with Crippen molar-refractivity contribution in [1.29, 1.82) is 0 Å². The molecule has 0 aliphatic heterocycles. The second kappa shape index (κ2) is 6.39. The van der Waals surface area contributed by atoms with Crippen molar-refractivity contribution in [2.75, 3.05) is 6.54 Å². The third-order valence-corrected chi connectivity index (χ3v) is 4.36. The number of carbonyl (C=O) groups excluding carboxylic acids is 1. The first-order valence-electron chi connectivity index (χ1n) is 8.32. The number of nitrogens with zero attached hydrogens (tertiary/aromatic N) is 4. The molecule has 0 saturated heterocycles. The Kier molecular flexibility index (Phi) is 3.93. The molecule has 1 aromatic carbocycles. The van der Waals surface area contributed by atoms with E-state index >= 15 is 0 Å². The Balaban J connectivity index is 1.39. The fraction of sp³-hybridized carbons (Fsp3) is 0.211. The maximum Gasteiger partial charge on any atom is 0.239 e. The number of aromatic nitrogens is 4. The second-order valence-electron chi connectivity index (χ2n) is 6.10. The van der Waals surface area contributed by atoms with E-state index < -0.39 is 0 Å². The molecule has 0 spiro atoms. The summed E-state index contributed by atoms with van der Waals surface area (Å²) in [6, 6.07) is 13.9. The van der Waals surface area contributed by atoms with Crippen LogP contribution < -0.4 is 5.32 Å². The highest BCUT2D eigenvalue weighted by Crippen LogP contribution is 2.20. The number of benzene rings is 1. The normalized spacial score (nSPS) is 11.2. The molecule has 3 aromatic heterocycles. The van der Waals surface area contributed by atoms with Gasteiger partial charge in [0.1, 0.15) is 12.4 Å². The van der Waals surface area contributed by atoms with Gasteiger partial charge in [-0.25, -0.2) is 0 Å². The Morgan fingerprint density at radius 2 is 1.96 bits per heavy atom. The van der Waals surface area contributed by atoms with Crippen LogP contribution >= 0.6 is 0 Å². The van der Waals surface area contributed by atoms with Crippen molar-refractivity contribution in [1.82, 2.24) is 24.5 Å². The zero-order chi connectivity index (χ0) is 17.2. The molecular formula is C19H19N5O. The number of amides is 1. The van der Waals surface area contributed by atoms with E-state index in [1.54, 1.807) is 0 Å². The monoisotopic (exact) mass is 333 g/mol. The third-order valence-electron chi connectivity index (χ3n) is 4.36. The second-order valence-corrected chi connectivity index (χ2v) is 6.10. The summed E-state index contributed by atoms with van der Waals surface area (Å²) < 4.78 is 3.93. The summed E-state index contributed by atoms with van der Waals surface area (Å²) >= 11 is 0. The number of hydrogen-bond donors (Lipinski definition) is 1. The number of aryl methyl sites for hydroxylation is 1. The molecule has 0 bridgehead atoms. The average molecular weight is 333 g/mol. The van der Waals surface area contributed by atoms with Crippen molar-refractivity contribution in [2.24, 2.45) is 0 Å². The number of para-hydroxylation sites is 1. The Labute approximate surface area is 145 Å². The average Bonchev–Trinajstić information content (AvgIpc) is 3.17. The zero-order valence-electron chi connectivity index (χ0n) is 14.0. The summed E-state index contributed by atoms with van der Waals surface area (Å²) in [5, 5.41) is 12.4. The van der Waals surface area contributed by atoms with Gasteiger partial charge in [-0.1, -0.05) is 24.3 Å². The van der Waals surface area contributed by atoms with Gasteiger partial charge in [-0.2, -0.15) is 0 Å². The van der Waals surface area contributed by atoms with Crippen LogP contribution in [-0.4, -0.2) is 31.6 Å². The minimum Gasteiger partial charge on any atom is -0.354 e. The lowest BCUT2D eigenvalue weighted by atomic mass is 10.2. The Bertz CT molecular complexity index is 1050. The molecule has 0 radical (unpaired) electrons. The van der Waals surface area contributed by atoms with E-state index in [2.05, 4.69) is 28.5 Å². The summed E-state index contributed by atoms with van der Waals surface area (Å²) in [6.45, 7) is 2.91. The SMILES string of the molecule is Cc1cn(CC(=O)NCCc2nnc3ccccn23)c2ccccc12. The molecule has 6 nitrogen and oxygen atoms in total. The van der Waals surface area contributed by atoms with Crippen LogP contribution in [0.4, 0.5) is 0 Å². The molecule has 6 heteroatoms. The predicted octanol–water partition coefficient (Wildman–Crippen LogP) is 2.35. The van der Waals surface area contributed by atoms with Gasteiger partial charge < -0.3 is 9.88 Å². The van der Waals surface area contributed by atoms with Gasteiger partial charge in [0.05, 0.1) is 0 Å². The predicted molar refractivity (Wildman–Crippen MR) is 96.4 cm³/mol.